The van der Waals surface area contributed by atoms with Crippen molar-refractivity contribution in [1.29, 1.82) is 0 Å². The summed E-state index contributed by atoms with van der Waals surface area (Å²) in [5.74, 6) is -0.333. The second kappa shape index (κ2) is 8.21. The van der Waals surface area contributed by atoms with Crippen LogP contribution in [0.1, 0.15) is 44.8 Å². The first kappa shape index (κ1) is 19.4. The van der Waals surface area contributed by atoms with Crippen LogP contribution in [0.3, 0.4) is 0 Å². The van der Waals surface area contributed by atoms with Gasteiger partial charge in [-0.1, -0.05) is 29.8 Å². The zero-order valence-corrected chi connectivity index (χ0v) is 16.8. The van der Waals surface area contributed by atoms with Crippen LogP contribution in [0.15, 0.2) is 42.5 Å². The Kier molecular flexibility index (Phi) is 5.49. The number of rotatable bonds is 5. The van der Waals surface area contributed by atoms with Gasteiger partial charge >= 0.3 is 5.97 Å². The van der Waals surface area contributed by atoms with Crippen molar-refractivity contribution in [3.8, 4) is 5.75 Å². The van der Waals surface area contributed by atoms with E-state index in [-0.39, 0.29) is 12.4 Å². The van der Waals surface area contributed by atoms with Crippen LogP contribution < -0.4 is 4.74 Å². The second-order valence-electron chi connectivity index (χ2n) is 6.98. The summed E-state index contributed by atoms with van der Waals surface area (Å²) >= 11 is 6.09. The van der Waals surface area contributed by atoms with Crippen LogP contribution >= 0.6 is 11.6 Å². The monoisotopic (exact) mass is 409 g/mol. The van der Waals surface area contributed by atoms with E-state index in [9.17, 15) is 9.59 Å². The molecule has 5 nitrogen and oxygen atoms in total. The van der Waals surface area contributed by atoms with Gasteiger partial charge in [0.05, 0.1) is 23.2 Å². The summed E-state index contributed by atoms with van der Waals surface area (Å²) in [6.45, 7) is -0.354. The fraction of sp³-hybridized carbons (Fsp3) is 0.261. The van der Waals surface area contributed by atoms with Crippen molar-refractivity contribution in [2.45, 2.75) is 25.7 Å². The van der Waals surface area contributed by atoms with Gasteiger partial charge in [0.1, 0.15) is 5.75 Å². The van der Waals surface area contributed by atoms with E-state index in [0.29, 0.717) is 21.9 Å². The summed E-state index contributed by atoms with van der Waals surface area (Å²) in [6.07, 6.45) is 3.71. The number of Topliss-reactive ketones (excluding diaryl/α,β-unsaturated/α-hetero) is 1. The normalized spacial score (nSPS) is 13.0. The van der Waals surface area contributed by atoms with E-state index in [1.54, 1.807) is 12.1 Å². The highest BCUT2D eigenvalue weighted by atomic mass is 35.5. The Morgan fingerprint density at radius 3 is 2.69 bits per heavy atom. The molecule has 6 heteroatoms. The lowest BCUT2D eigenvalue weighted by atomic mass is 9.90. The molecule has 0 saturated carbocycles. The smallest absolute Gasteiger partial charge is 0.339 e. The maximum absolute atomic E-state index is 13.0. The Labute approximate surface area is 173 Å². The molecule has 4 rings (SSSR count). The van der Waals surface area contributed by atoms with Crippen LogP contribution in [-0.2, 0) is 17.6 Å². The standard InChI is InChI=1S/C23H20ClNO4/c1-28-21-11-10-14(12-17(21)24)20(26)13-29-23(27)22-15-6-2-4-8-18(15)25-19-9-5-3-7-16(19)22/h2,4,6,8,10-12H,3,5,7,9,13H2,1H3. The molecule has 0 atom stereocenters. The van der Waals surface area contributed by atoms with E-state index >= 15 is 0 Å². The number of aromatic nitrogens is 1. The van der Waals surface area contributed by atoms with E-state index in [2.05, 4.69) is 0 Å². The Morgan fingerprint density at radius 1 is 1.10 bits per heavy atom. The Morgan fingerprint density at radius 2 is 1.90 bits per heavy atom. The van der Waals surface area contributed by atoms with Crippen LogP contribution in [0.2, 0.25) is 5.02 Å². The number of halogens is 1. The van der Waals surface area contributed by atoms with Gasteiger partial charge in [-0.2, -0.15) is 0 Å². The number of nitrogens with zero attached hydrogens (tertiary/aromatic N) is 1. The van der Waals surface area contributed by atoms with Gasteiger partial charge in [0.15, 0.2) is 12.4 Å². The first-order chi connectivity index (χ1) is 14.1. The molecule has 0 amide bonds. The number of hydrogen-bond donors (Lipinski definition) is 0. The number of carbonyl (C=O) groups excluding carboxylic acids is 2. The van der Waals surface area contributed by atoms with Crippen LogP contribution in [0.5, 0.6) is 5.75 Å². The average Bonchev–Trinajstić information content (AvgIpc) is 2.75. The highest BCUT2D eigenvalue weighted by Gasteiger charge is 2.24. The molecule has 1 aliphatic carbocycles. The van der Waals surface area contributed by atoms with Gasteiger partial charge in [0.2, 0.25) is 0 Å². The van der Waals surface area contributed by atoms with E-state index in [0.717, 1.165) is 47.8 Å². The fourth-order valence-electron chi connectivity index (χ4n) is 3.73. The number of methoxy groups -OCH3 is 1. The molecular weight excluding hydrogens is 390 g/mol. The number of ketones is 1. The van der Waals surface area contributed by atoms with Crippen molar-refractivity contribution in [2.75, 3.05) is 13.7 Å². The molecule has 1 aliphatic rings. The third-order valence-electron chi connectivity index (χ3n) is 5.18. The summed E-state index contributed by atoms with van der Waals surface area (Å²) in [4.78, 5) is 30.2. The number of hydrogen-bond acceptors (Lipinski definition) is 5. The Balaban J connectivity index is 1.59. The van der Waals surface area contributed by atoms with Crippen molar-refractivity contribution in [2.24, 2.45) is 0 Å². The van der Waals surface area contributed by atoms with Gasteiger partial charge < -0.3 is 9.47 Å². The second-order valence-corrected chi connectivity index (χ2v) is 7.39. The molecule has 0 aliphatic heterocycles. The van der Waals surface area contributed by atoms with Crippen molar-refractivity contribution in [3.63, 3.8) is 0 Å². The number of benzene rings is 2. The van der Waals surface area contributed by atoms with Crippen LogP contribution in [0, 0.1) is 0 Å². The summed E-state index contributed by atoms with van der Waals surface area (Å²) < 4.78 is 10.5. The number of para-hydroxylation sites is 1. The molecular formula is C23H20ClNO4. The van der Waals surface area contributed by atoms with Gasteiger partial charge in [-0.15, -0.1) is 0 Å². The number of carbonyl (C=O) groups is 2. The molecule has 2 aromatic carbocycles. The molecule has 0 N–H and O–H groups in total. The topological polar surface area (TPSA) is 65.5 Å². The zero-order valence-electron chi connectivity index (χ0n) is 16.0. The SMILES string of the molecule is COc1ccc(C(=O)COC(=O)c2c3c(nc4ccccc24)CCCC3)cc1Cl. The quantitative estimate of drug-likeness (QED) is 0.446. The highest BCUT2D eigenvalue weighted by molar-refractivity contribution is 6.32. The number of aryl methyl sites for hydroxylation is 1. The Hall–Kier alpha value is -2.92. The Bertz CT molecular complexity index is 1110. The largest absolute Gasteiger partial charge is 0.495 e. The molecule has 1 heterocycles. The maximum atomic E-state index is 13.0. The third-order valence-corrected chi connectivity index (χ3v) is 5.48. The average molecular weight is 410 g/mol. The number of ether oxygens (including phenoxy) is 2. The van der Waals surface area contributed by atoms with Crippen molar-refractivity contribution >= 4 is 34.3 Å². The minimum atomic E-state index is -0.491. The number of esters is 1. The first-order valence-corrected chi connectivity index (χ1v) is 9.90. The van der Waals surface area contributed by atoms with Gasteiger partial charge in [-0.25, -0.2) is 4.79 Å². The molecule has 1 aromatic heterocycles. The summed E-state index contributed by atoms with van der Waals surface area (Å²) in [5, 5.41) is 1.09. The first-order valence-electron chi connectivity index (χ1n) is 9.53. The van der Waals surface area contributed by atoms with Gasteiger partial charge in [0.25, 0.3) is 0 Å². The predicted molar refractivity (Wildman–Crippen MR) is 111 cm³/mol. The van der Waals surface area contributed by atoms with Crippen LogP contribution in [0.4, 0.5) is 0 Å². The van der Waals surface area contributed by atoms with Gasteiger partial charge in [0, 0.05) is 16.6 Å². The molecule has 0 saturated heterocycles. The fourth-order valence-corrected chi connectivity index (χ4v) is 3.99. The molecule has 0 unspecified atom stereocenters. The lowest BCUT2D eigenvalue weighted by Crippen LogP contribution is -2.19. The van der Waals surface area contributed by atoms with Crippen LogP contribution in [0.25, 0.3) is 10.9 Å². The van der Waals surface area contributed by atoms with Gasteiger partial charge in [-0.3, -0.25) is 9.78 Å². The van der Waals surface area contributed by atoms with E-state index in [1.165, 1.54) is 13.2 Å². The van der Waals surface area contributed by atoms with Crippen molar-refractivity contribution in [3.05, 3.63) is 69.9 Å². The van der Waals surface area contributed by atoms with E-state index < -0.39 is 5.97 Å². The van der Waals surface area contributed by atoms with Gasteiger partial charge in [-0.05, 0) is 55.5 Å². The number of fused-ring (bicyclic) bond motifs is 2. The minimum Gasteiger partial charge on any atom is -0.495 e. The van der Waals surface area contributed by atoms with Crippen molar-refractivity contribution in [1.82, 2.24) is 4.98 Å². The maximum Gasteiger partial charge on any atom is 0.339 e. The summed E-state index contributed by atoms with van der Waals surface area (Å²) in [6, 6.07) is 12.3. The predicted octanol–water partition coefficient (Wildman–Crippen LogP) is 4.82. The lowest BCUT2D eigenvalue weighted by Gasteiger charge is -2.19. The minimum absolute atomic E-state index is 0.324. The third kappa shape index (κ3) is 3.83. The molecule has 3 aromatic rings. The number of pyridine rings is 1. The molecule has 0 fully saturated rings. The van der Waals surface area contributed by atoms with E-state index in [1.807, 2.05) is 24.3 Å². The van der Waals surface area contributed by atoms with Crippen molar-refractivity contribution < 1.29 is 19.1 Å². The summed E-state index contributed by atoms with van der Waals surface area (Å²) in [5.41, 5.74) is 3.57. The molecule has 0 spiro atoms. The van der Waals surface area contributed by atoms with E-state index in [4.69, 9.17) is 26.1 Å². The highest BCUT2D eigenvalue weighted by Crippen LogP contribution is 2.30. The lowest BCUT2D eigenvalue weighted by molar-refractivity contribution is 0.0475. The molecule has 0 radical (unpaired) electrons. The molecule has 29 heavy (non-hydrogen) atoms. The summed E-state index contributed by atoms with van der Waals surface area (Å²) in [7, 11) is 1.50. The zero-order chi connectivity index (χ0) is 20.4. The van der Waals surface area contributed by atoms with Crippen LogP contribution in [-0.4, -0.2) is 30.5 Å². The molecule has 148 valence electrons. The molecule has 0 bridgehead atoms.